The van der Waals surface area contributed by atoms with Crippen molar-refractivity contribution in [2.45, 2.75) is 19.6 Å². The van der Waals surface area contributed by atoms with Crippen molar-refractivity contribution in [2.24, 2.45) is 0 Å². The lowest BCUT2D eigenvalue weighted by molar-refractivity contribution is -0.0111. The maximum absolute atomic E-state index is 4.83. The molecule has 0 unspecified atom stereocenters. The first-order chi connectivity index (χ1) is 3.12. The van der Waals surface area contributed by atoms with Gasteiger partial charge in [0.1, 0.15) is 46.0 Å². The van der Waals surface area contributed by atoms with Crippen LogP contribution in [0.25, 0.3) is 0 Å². The molecular formula is C3H6I2O2. The zero-order valence-corrected chi connectivity index (χ0v) is 8.39. The normalized spacial score (nSPS) is 12.0. The summed E-state index contributed by atoms with van der Waals surface area (Å²) in [5, 5.41) is 0. The van der Waals surface area contributed by atoms with Gasteiger partial charge in [-0.1, -0.05) is 0 Å². The predicted molar refractivity (Wildman–Crippen MR) is 44.3 cm³/mol. The third-order valence-corrected chi connectivity index (χ3v) is 2.49. The largest absolute Gasteiger partial charge is 0.281 e. The molecule has 0 atom stereocenters. The van der Waals surface area contributed by atoms with Crippen molar-refractivity contribution in [3.05, 3.63) is 0 Å². The van der Waals surface area contributed by atoms with E-state index in [2.05, 4.69) is 0 Å². The van der Waals surface area contributed by atoms with Crippen LogP contribution in [-0.4, -0.2) is 5.79 Å². The van der Waals surface area contributed by atoms with Gasteiger partial charge in [0.25, 0.3) is 0 Å². The zero-order chi connectivity index (χ0) is 5.91. The van der Waals surface area contributed by atoms with Crippen molar-refractivity contribution < 1.29 is 6.13 Å². The molecule has 0 aliphatic carbocycles. The maximum atomic E-state index is 4.83. The van der Waals surface area contributed by atoms with Gasteiger partial charge >= 0.3 is 0 Å². The molecule has 2 nitrogen and oxygen atoms in total. The summed E-state index contributed by atoms with van der Waals surface area (Å²) in [4.78, 5) is 0. The molecule has 0 spiro atoms. The van der Waals surface area contributed by atoms with E-state index in [-0.39, 0.29) is 0 Å². The van der Waals surface area contributed by atoms with E-state index in [9.17, 15) is 0 Å². The third kappa shape index (κ3) is 3.92. The second-order valence-corrected chi connectivity index (χ2v) is 2.43. The van der Waals surface area contributed by atoms with E-state index in [0.29, 0.717) is 0 Å². The Morgan fingerprint density at radius 3 is 1.43 bits per heavy atom. The Bertz CT molecular complexity index is 48.9. The molecular weight excluding hydrogens is 322 g/mol. The van der Waals surface area contributed by atoms with Crippen LogP contribution in [0.5, 0.6) is 0 Å². The predicted octanol–water partition coefficient (Wildman–Crippen LogP) is 2.46. The average Bonchev–Trinajstić information content (AvgIpc) is 1.68. The minimum absolute atomic E-state index is 0.443. The summed E-state index contributed by atoms with van der Waals surface area (Å²) >= 11 is 3.60. The quantitative estimate of drug-likeness (QED) is 0.573. The first-order valence-corrected chi connectivity index (χ1v) is 3.48. The molecule has 0 bridgehead atoms. The van der Waals surface area contributed by atoms with Gasteiger partial charge in [-0.3, -0.25) is 6.13 Å². The van der Waals surface area contributed by atoms with E-state index in [0.717, 1.165) is 0 Å². The van der Waals surface area contributed by atoms with Crippen LogP contribution in [-0.2, 0) is 6.13 Å². The fourth-order valence-corrected chi connectivity index (χ4v) is 0.536. The topological polar surface area (TPSA) is 18.5 Å². The van der Waals surface area contributed by atoms with E-state index in [1.54, 1.807) is 46.0 Å². The standard InChI is InChI=1S/C3H6I2O2/c1-3(2,6-4)7-5/h1-2H3. The van der Waals surface area contributed by atoms with Crippen molar-refractivity contribution in [1.82, 2.24) is 0 Å². The van der Waals surface area contributed by atoms with Crippen molar-refractivity contribution in [3.8, 4) is 0 Å². The fraction of sp³-hybridized carbons (Fsp3) is 1.00. The fourth-order valence-electron chi connectivity index (χ4n) is 0.0119. The number of hydrogen-bond donors (Lipinski definition) is 0. The van der Waals surface area contributed by atoms with E-state index in [1.165, 1.54) is 0 Å². The van der Waals surface area contributed by atoms with Crippen molar-refractivity contribution in [2.75, 3.05) is 0 Å². The second kappa shape index (κ2) is 3.41. The SMILES string of the molecule is CC(C)(OI)OI. The van der Waals surface area contributed by atoms with Crippen molar-refractivity contribution in [3.63, 3.8) is 0 Å². The lowest BCUT2D eigenvalue weighted by Gasteiger charge is -2.15. The van der Waals surface area contributed by atoms with Crippen LogP contribution >= 0.6 is 46.0 Å². The van der Waals surface area contributed by atoms with Crippen molar-refractivity contribution in [1.29, 1.82) is 0 Å². The van der Waals surface area contributed by atoms with Gasteiger partial charge in [-0.2, -0.15) is 0 Å². The third-order valence-electron chi connectivity index (χ3n) is 0.372. The van der Waals surface area contributed by atoms with Gasteiger partial charge in [0.15, 0.2) is 5.79 Å². The zero-order valence-electron chi connectivity index (χ0n) is 4.07. The molecule has 0 heterocycles. The Morgan fingerprint density at radius 1 is 1.14 bits per heavy atom. The van der Waals surface area contributed by atoms with Gasteiger partial charge in [-0.05, 0) is 13.8 Å². The molecule has 0 aliphatic rings. The van der Waals surface area contributed by atoms with Crippen LogP contribution in [0.1, 0.15) is 13.8 Å². The minimum Gasteiger partial charge on any atom is -0.281 e. The molecule has 0 aliphatic heterocycles. The lowest BCUT2D eigenvalue weighted by atomic mass is 10.4. The van der Waals surface area contributed by atoms with Gasteiger partial charge in [0.05, 0.1) is 0 Å². The molecule has 44 valence electrons. The highest BCUT2D eigenvalue weighted by atomic mass is 127. The van der Waals surface area contributed by atoms with Crippen molar-refractivity contribution >= 4 is 46.0 Å². The lowest BCUT2D eigenvalue weighted by Crippen LogP contribution is -2.18. The monoisotopic (exact) mass is 328 g/mol. The highest BCUT2D eigenvalue weighted by molar-refractivity contribution is 14.1. The highest BCUT2D eigenvalue weighted by Crippen LogP contribution is 2.17. The molecule has 0 fully saturated rings. The highest BCUT2D eigenvalue weighted by Gasteiger charge is 2.15. The maximum Gasteiger partial charge on any atom is 0.185 e. The summed E-state index contributed by atoms with van der Waals surface area (Å²) < 4.78 is 9.65. The Labute approximate surface area is 71.3 Å². The van der Waals surface area contributed by atoms with Gasteiger partial charge in [0, 0.05) is 0 Å². The average molecular weight is 328 g/mol. The van der Waals surface area contributed by atoms with Crippen LogP contribution in [0.3, 0.4) is 0 Å². The first kappa shape index (κ1) is 8.38. The summed E-state index contributed by atoms with van der Waals surface area (Å²) in [5.41, 5.74) is 0. The molecule has 0 amide bonds. The van der Waals surface area contributed by atoms with Gasteiger partial charge in [-0.25, -0.2) is 0 Å². The molecule has 0 radical (unpaired) electrons. The molecule has 0 aromatic rings. The molecule has 7 heavy (non-hydrogen) atoms. The number of halogens is 2. The summed E-state index contributed by atoms with van der Waals surface area (Å²) in [6, 6.07) is 0. The molecule has 0 saturated carbocycles. The Morgan fingerprint density at radius 2 is 1.43 bits per heavy atom. The smallest absolute Gasteiger partial charge is 0.185 e. The minimum atomic E-state index is -0.443. The molecule has 0 aromatic heterocycles. The second-order valence-electron chi connectivity index (χ2n) is 1.55. The van der Waals surface area contributed by atoms with E-state index >= 15 is 0 Å². The van der Waals surface area contributed by atoms with Crippen LogP contribution < -0.4 is 0 Å². The molecule has 0 aromatic carbocycles. The van der Waals surface area contributed by atoms with Crippen LogP contribution in [0.4, 0.5) is 0 Å². The van der Waals surface area contributed by atoms with Gasteiger partial charge < -0.3 is 0 Å². The summed E-state index contributed by atoms with van der Waals surface area (Å²) in [6.07, 6.45) is 0. The van der Waals surface area contributed by atoms with Crippen LogP contribution in [0.15, 0.2) is 0 Å². The Balaban J connectivity index is 3.36. The Kier molecular flexibility index (Phi) is 4.09. The summed E-state index contributed by atoms with van der Waals surface area (Å²) in [7, 11) is 0. The van der Waals surface area contributed by atoms with E-state index in [1.807, 2.05) is 13.8 Å². The van der Waals surface area contributed by atoms with E-state index in [4.69, 9.17) is 6.13 Å². The molecule has 0 rings (SSSR count). The van der Waals surface area contributed by atoms with Crippen LogP contribution in [0, 0.1) is 0 Å². The van der Waals surface area contributed by atoms with Gasteiger partial charge in [-0.15, -0.1) is 0 Å². The number of rotatable bonds is 2. The molecule has 4 heteroatoms. The molecule has 0 N–H and O–H groups in total. The summed E-state index contributed by atoms with van der Waals surface area (Å²) in [5.74, 6) is -0.443. The Hall–Kier alpha value is 1.38. The molecule has 0 saturated heterocycles. The van der Waals surface area contributed by atoms with E-state index < -0.39 is 5.79 Å². The van der Waals surface area contributed by atoms with Crippen LogP contribution in [0.2, 0.25) is 0 Å². The van der Waals surface area contributed by atoms with Gasteiger partial charge in [0.2, 0.25) is 0 Å². The first-order valence-electron chi connectivity index (χ1n) is 1.72. The summed E-state index contributed by atoms with van der Waals surface area (Å²) in [6.45, 7) is 3.68. The number of hydrogen-bond acceptors (Lipinski definition) is 2.